The molecule has 3 aromatic rings. The van der Waals surface area contributed by atoms with Crippen LogP contribution in [0.3, 0.4) is 0 Å². The molecule has 10 heteroatoms. The Kier molecular flexibility index (Phi) is 5.78. The number of carbonyl (C=O) groups is 2. The second-order valence-corrected chi connectivity index (χ2v) is 6.66. The third-order valence-electron chi connectivity index (χ3n) is 4.02. The van der Waals surface area contributed by atoms with Gasteiger partial charge < -0.3 is 18.8 Å². The molecule has 3 rings (SSSR count). The maximum Gasteiger partial charge on any atom is 0.326 e. The van der Waals surface area contributed by atoms with E-state index >= 15 is 0 Å². The van der Waals surface area contributed by atoms with Gasteiger partial charge in [-0.3, -0.25) is 14.3 Å². The number of benzene rings is 1. The fraction of sp³-hybridized carbons (Fsp3) is 0.333. The van der Waals surface area contributed by atoms with Crippen molar-refractivity contribution < 1.29 is 23.8 Å². The van der Waals surface area contributed by atoms with Crippen molar-refractivity contribution in [3.05, 3.63) is 34.9 Å². The van der Waals surface area contributed by atoms with Crippen molar-refractivity contribution >= 4 is 33.4 Å². The molecule has 0 atom stereocenters. The van der Waals surface area contributed by atoms with Crippen LogP contribution in [0.4, 0.5) is 0 Å². The highest BCUT2D eigenvalue weighted by atomic mass is 32.1. The Labute approximate surface area is 164 Å². The average Bonchev–Trinajstić information content (AvgIpc) is 3.25. The first-order valence-corrected chi connectivity index (χ1v) is 9.28. The Morgan fingerprint density at radius 1 is 1.18 bits per heavy atom. The highest BCUT2D eigenvalue weighted by molar-refractivity contribution is 7.16. The van der Waals surface area contributed by atoms with Gasteiger partial charge in [0, 0.05) is 13.2 Å². The third kappa shape index (κ3) is 3.63. The van der Waals surface area contributed by atoms with Crippen LogP contribution in [0.1, 0.15) is 17.4 Å². The van der Waals surface area contributed by atoms with Crippen LogP contribution in [-0.2, 0) is 23.1 Å². The molecule has 1 amide bonds. The topological polar surface area (TPSA) is 96.9 Å². The van der Waals surface area contributed by atoms with Gasteiger partial charge in [0.1, 0.15) is 34.0 Å². The van der Waals surface area contributed by atoms with Gasteiger partial charge in [-0.05, 0) is 25.1 Å². The Hall–Kier alpha value is -3.14. The lowest BCUT2D eigenvalue weighted by Gasteiger charge is -2.09. The summed E-state index contributed by atoms with van der Waals surface area (Å²) in [5.74, 6) is 0.210. The van der Waals surface area contributed by atoms with Gasteiger partial charge in [-0.1, -0.05) is 11.3 Å². The monoisotopic (exact) mass is 404 g/mol. The highest BCUT2D eigenvalue weighted by Crippen LogP contribution is 2.35. The zero-order valence-electron chi connectivity index (χ0n) is 16.0. The van der Waals surface area contributed by atoms with Crippen molar-refractivity contribution in [3.8, 4) is 11.5 Å². The summed E-state index contributed by atoms with van der Waals surface area (Å²) in [7, 11) is 4.74. The van der Waals surface area contributed by atoms with Crippen LogP contribution in [0, 0.1) is 0 Å². The van der Waals surface area contributed by atoms with Crippen LogP contribution >= 0.6 is 11.3 Å². The molecule has 2 heterocycles. The zero-order valence-corrected chi connectivity index (χ0v) is 16.8. The summed E-state index contributed by atoms with van der Waals surface area (Å²) in [6.45, 7) is 1.87. The van der Waals surface area contributed by atoms with Crippen molar-refractivity contribution in [1.29, 1.82) is 0 Å². The van der Waals surface area contributed by atoms with Crippen LogP contribution in [0.25, 0.3) is 10.2 Å². The molecule has 0 saturated carbocycles. The second-order valence-electron chi connectivity index (χ2n) is 5.68. The Morgan fingerprint density at radius 2 is 1.89 bits per heavy atom. The minimum Gasteiger partial charge on any atom is -0.495 e. The summed E-state index contributed by atoms with van der Waals surface area (Å²) in [5, 5.41) is 3.99. The highest BCUT2D eigenvalue weighted by Gasteiger charge is 2.19. The van der Waals surface area contributed by atoms with Crippen LogP contribution in [-0.4, -0.2) is 47.1 Å². The maximum absolute atomic E-state index is 12.6. The van der Waals surface area contributed by atoms with Crippen molar-refractivity contribution in [1.82, 2.24) is 14.3 Å². The first-order chi connectivity index (χ1) is 13.5. The predicted octanol–water partition coefficient (Wildman–Crippen LogP) is 1.76. The minimum absolute atomic E-state index is 0.116. The average molecular weight is 404 g/mol. The number of aryl methyl sites for hydroxylation is 1. The Bertz CT molecular complexity index is 1100. The first-order valence-electron chi connectivity index (χ1n) is 8.47. The molecule has 0 saturated heterocycles. The summed E-state index contributed by atoms with van der Waals surface area (Å²) < 4.78 is 19.7. The molecule has 0 N–H and O–H groups in total. The second kappa shape index (κ2) is 8.26. The molecule has 2 aromatic heterocycles. The molecular weight excluding hydrogens is 384 g/mol. The fourth-order valence-electron chi connectivity index (χ4n) is 2.75. The van der Waals surface area contributed by atoms with E-state index in [4.69, 9.17) is 14.2 Å². The summed E-state index contributed by atoms with van der Waals surface area (Å²) in [4.78, 5) is 29.4. The van der Waals surface area contributed by atoms with E-state index in [2.05, 4.69) is 10.1 Å². The number of ether oxygens (including phenoxy) is 3. The standard InChI is InChI=1S/C18H20N4O5S/c1-5-27-14(23)10-22-15-12(25-3)6-7-13(26-4)16(15)28-18(22)20-17(24)11-8-9-19-21(11)2/h6-9H,5,10H2,1-4H3. The molecule has 0 radical (unpaired) electrons. The molecule has 9 nitrogen and oxygen atoms in total. The molecule has 0 spiro atoms. The summed E-state index contributed by atoms with van der Waals surface area (Å²) in [5.41, 5.74) is 0.940. The molecule has 0 aliphatic heterocycles. The van der Waals surface area contributed by atoms with Gasteiger partial charge >= 0.3 is 5.97 Å². The molecular formula is C18H20N4O5S. The van der Waals surface area contributed by atoms with E-state index in [1.807, 2.05) is 0 Å². The fourth-order valence-corrected chi connectivity index (χ4v) is 3.89. The SMILES string of the molecule is CCOC(=O)Cn1c(=NC(=O)c2ccnn2C)sc2c(OC)ccc(OC)c21. The summed E-state index contributed by atoms with van der Waals surface area (Å²) in [6.07, 6.45) is 1.52. The van der Waals surface area contributed by atoms with E-state index in [1.165, 1.54) is 29.3 Å². The van der Waals surface area contributed by atoms with E-state index in [0.717, 1.165) is 0 Å². The number of thiazole rings is 1. The largest absolute Gasteiger partial charge is 0.495 e. The van der Waals surface area contributed by atoms with Crippen LogP contribution in [0.2, 0.25) is 0 Å². The van der Waals surface area contributed by atoms with Crippen molar-refractivity contribution in [3.63, 3.8) is 0 Å². The summed E-state index contributed by atoms with van der Waals surface area (Å²) >= 11 is 1.23. The molecule has 1 aromatic carbocycles. The molecule has 0 aliphatic rings. The number of rotatable bonds is 6. The Morgan fingerprint density at radius 3 is 2.50 bits per heavy atom. The van der Waals surface area contributed by atoms with Gasteiger partial charge in [0.15, 0.2) is 4.80 Å². The van der Waals surface area contributed by atoms with E-state index in [9.17, 15) is 9.59 Å². The molecule has 148 valence electrons. The number of hydrogen-bond acceptors (Lipinski definition) is 7. The first kappa shape index (κ1) is 19.6. The molecule has 0 bridgehead atoms. The minimum atomic E-state index is -0.470. The molecule has 0 fully saturated rings. The van der Waals surface area contributed by atoms with Crippen molar-refractivity contribution in [2.45, 2.75) is 13.5 Å². The molecule has 0 unspecified atom stereocenters. The number of nitrogens with zero attached hydrogens (tertiary/aromatic N) is 4. The van der Waals surface area contributed by atoms with Crippen LogP contribution < -0.4 is 14.3 Å². The lowest BCUT2D eigenvalue weighted by atomic mass is 10.3. The van der Waals surface area contributed by atoms with Crippen molar-refractivity contribution in [2.75, 3.05) is 20.8 Å². The van der Waals surface area contributed by atoms with E-state index < -0.39 is 11.9 Å². The smallest absolute Gasteiger partial charge is 0.326 e. The number of carbonyl (C=O) groups excluding carboxylic acids is 2. The summed E-state index contributed by atoms with van der Waals surface area (Å²) in [6, 6.07) is 5.08. The lowest BCUT2D eigenvalue weighted by Crippen LogP contribution is -2.23. The number of esters is 1. The molecule has 28 heavy (non-hydrogen) atoms. The van der Waals surface area contributed by atoms with E-state index in [1.54, 1.807) is 43.8 Å². The number of hydrogen-bond donors (Lipinski definition) is 0. The normalized spacial score (nSPS) is 11.6. The lowest BCUT2D eigenvalue weighted by molar-refractivity contribution is -0.143. The van der Waals surface area contributed by atoms with Crippen LogP contribution in [0.15, 0.2) is 29.4 Å². The Balaban J connectivity index is 2.25. The van der Waals surface area contributed by atoms with Gasteiger partial charge in [0.05, 0.1) is 20.8 Å². The zero-order chi connectivity index (χ0) is 20.3. The van der Waals surface area contributed by atoms with Gasteiger partial charge in [0.2, 0.25) is 0 Å². The predicted molar refractivity (Wildman–Crippen MR) is 103 cm³/mol. The number of fused-ring (bicyclic) bond motifs is 1. The third-order valence-corrected chi connectivity index (χ3v) is 5.12. The van der Waals surface area contributed by atoms with Crippen molar-refractivity contribution in [2.24, 2.45) is 12.0 Å². The number of methoxy groups -OCH3 is 2. The van der Waals surface area contributed by atoms with Gasteiger partial charge in [-0.15, -0.1) is 0 Å². The van der Waals surface area contributed by atoms with Crippen LogP contribution in [0.5, 0.6) is 11.5 Å². The van der Waals surface area contributed by atoms with E-state index in [0.29, 0.717) is 32.2 Å². The number of amides is 1. The number of aromatic nitrogens is 3. The molecule has 0 aliphatic carbocycles. The van der Waals surface area contributed by atoms with Gasteiger partial charge in [0.25, 0.3) is 5.91 Å². The maximum atomic E-state index is 12.6. The van der Waals surface area contributed by atoms with E-state index in [-0.39, 0.29) is 13.2 Å². The van der Waals surface area contributed by atoms with Gasteiger partial charge in [-0.2, -0.15) is 10.1 Å². The van der Waals surface area contributed by atoms with Gasteiger partial charge in [-0.25, -0.2) is 0 Å². The quantitative estimate of drug-likeness (QED) is 0.581.